The van der Waals surface area contributed by atoms with Crippen LogP contribution >= 0.6 is 23.1 Å². The van der Waals surface area contributed by atoms with E-state index in [9.17, 15) is 9.59 Å². The molecule has 0 fully saturated rings. The van der Waals surface area contributed by atoms with Gasteiger partial charge in [0.05, 0.1) is 17.7 Å². The molecule has 2 heterocycles. The number of hydrogen-bond donors (Lipinski definition) is 0. The van der Waals surface area contributed by atoms with Crippen molar-refractivity contribution in [2.75, 3.05) is 12.4 Å². The van der Waals surface area contributed by atoms with Crippen molar-refractivity contribution in [3.63, 3.8) is 0 Å². The van der Waals surface area contributed by atoms with Crippen LogP contribution in [0.2, 0.25) is 0 Å². The highest BCUT2D eigenvalue weighted by Gasteiger charge is 2.12. The largest absolute Gasteiger partial charge is 0.492 e. The number of benzene rings is 1. The van der Waals surface area contributed by atoms with Gasteiger partial charge in [-0.2, -0.15) is 0 Å². The van der Waals surface area contributed by atoms with Crippen molar-refractivity contribution in [3.8, 4) is 5.75 Å². The quantitative estimate of drug-likeness (QED) is 0.192. The number of thiophene rings is 1. The molecular formula is C19H18N2O3S2. The van der Waals surface area contributed by atoms with Crippen molar-refractivity contribution in [2.45, 2.75) is 18.6 Å². The van der Waals surface area contributed by atoms with Gasteiger partial charge in [0, 0.05) is 12.3 Å². The predicted octanol–water partition coefficient (Wildman–Crippen LogP) is 4.02. The van der Waals surface area contributed by atoms with Gasteiger partial charge < -0.3 is 4.74 Å². The molecule has 0 amide bonds. The summed E-state index contributed by atoms with van der Waals surface area (Å²) < 4.78 is 8.03. The summed E-state index contributed by atoms with van der Waals surface area (Å²) in [5.41, 5.74) is 1.24. The maximum atomic E-state index is 12.6. The first-order valence-corrected chi connectivity index (χ1v) is 9.93. The van der Waals surface area contributed by atoms with Gasteiger partial charge in [-0.3, -0.25) is 14.2 Å². The van der Waals surface area contributed by atoms with E-state index < -0.39 is 0 Å². The van der Waals surface area contributed by atoms with E-state index in [0.29, 0.717) is 45.6 Å². The van der Waals surface area contributed by atoms with Crippen LogP contribution in [0, 0.1) is 0 Å². The molecule has 26 heavy (non-hydrogen) atoms. The minimum atomic E-state index is -0.0461. The maximum Gasteiger partial charge on any atom is 0.272 e. The molecule has 0 unspecified atom stereocenters. The highest BCUT2D eigenvalue weighted by Crippen LogP contribution is 2.22. The minimum absolute atomic E-state index is 0.0300. The van der Waals surface area contributed by atoms with E-state index in [0.717, 1.165) is 0 Å². The Labute approximate surface area is 159 Å². The van der Waals surface area contributed by atoms with Crippen LogP contribution in [0.15, 0.2) is 58.3 Å². The first kappa shape index (κ1) is 18.4. The van der Waals surface area contributed by atoms with E-state index >= 15 is 0 Å². The molecular weight excluding hydrogens is 368 g/mol. The number of Topliss-reactive ketones (excluding diaryl/α,β-unsaturated/α-hetero) is 1. The lowest BCUT2D eigenvalue weighted by molar-refractivity contribution is 0.101. The lowest BCUT2D eigenvalue weighted by atomic mass is 10.1. The van der Waals surface area contributed by atoms with E-state index in [4.69, 9.17) is 4.74 Å². The average molecular weight is 386 g/mol. The van der Waals surface area contributed by atoms with Gasteiger partial charge in [-0.1, -0.05) is 30.0 Å². The summed E-state index contributed by atoms with van der Waals surface area (Å²) in [4.78, 5) is 28.8. The summed E-state index contributed by atoms with van der Waals surface area (Å²) >= 11 is 2.85. The molecule has 1 aromatic carbocycles. The van der Waals surface area contributed by atoms with Crippen molar-refractivity contribution in [3.05, 3.63) is 64.3 Å². The van der Waals surface area contributed by atoms with Gasteiger partial charge in [0.2, 0.25) is 0 Å². The molecule has 0 aliphatic rings. The summed E-state index contributed by atoms with van der Waals surface area (Å²) in [6.45, 7) is 6.05. The Morgan fingerprint density at radius 3 is 2.96 bits per heavy atom. The summed E-state index contributed by atoms with van der Waals surface area (Å²) in [7, 11) is 0. The van der Waals surface area contributed by atoms with Gasteiger partial charge in [0.1, 0.15) is 10.4 Å². The molecule has 0 radical (unpaired) electrons. The molecule has 0 atom stereocenters. The van der Waals surface area contributed by atoms with Crippen LogP contribution in [-0.2, 0) is 6.54 Å². The fourth-order valence-corrected chi connectivity index (χ4v) is 4.10. The molecule has 7 heteroatoms. The summed E-state index contributed by atoms with van der Waals surface area (Å²) in [6, 6.07) is 9.03. The third kappa shape index (κ3) is 3.89. The fraction of sp³-hybridized carbons (Fsp3) is 0.211. The van der Waals surface area contributed by atoms with Gasteiger partial charge in [-0.05, 0) is 30.5 Å². The monoisotopic (exact) mass is 386 g/mol. The van der Waals surface area contributed by atoms with Crippen LogP contribution in [0.3, 0.4) is 0 Å². The summed E-state index contributed by atoms with van der Waals surface area (Å²) in [6.07, 6.45) is 1.69. The molecule has 134 valence electrons. The van der Waals surface area contributed by atoms with Crippen molar-refractivity contribution >= 4 is 39.1 Å². The van der Waals surface area contributed by atoms with Crippen molar-refractivity contribution in [1.29, 1.82) is 0 Å². The lowest BCUT2D eigenvalue weighted by Gasteiger charge is -2.11. The average Bonchev–Trinajstić information content (AvgIpc) is 3.10. The zero-order chi connectivity index (χ0) is 18.5. The Balaban J connectivity index is 1.72. The van der Waals surface area contributed by atoms with Crippen molar-refractivity contribution in [2.24, 2.45) is 0 Å². The number of carbonyl (C=O) groups excluding carboxylic acids is 1. The van der Waals surface area contributed by atoms with E-state index in [1.807, 2.05) is 23.6 Å². The van der Waals surface area contributed by atoms with E-state index in [2.05, 4.69) is 11.6 Å². The molecule has 0 aliphatic carbocycles. The molecule has 3 rings (SSSR count). The maximum absolute atomic E-state index is 12.6. The predicted molar refractivity (Wildman–Crippen MR) is 107 cm³/mol. The highest BCUT2D eigenvalue weighted by atomic mass is 32.2. The van der Waals surface area contributed by atoms with Gasteiger partial charge in [-0.25, -0.2) is 4.98 Å². The van der Waals surface area contributed by atoms with E-state index in [1.54, 1.807) is 22.8 Å². The molecule has 0 N–H and O–H groups in total. The summed E-state index contributed by atoms with van der Waals surface area (Å²) in [5.74, 6) is 1.15. The van der Waals surface area contributed by atoms with Crippen LogP contribution < -0.4 is 10.3 Å². The zero-order valence-electron chi connectivity index (χ0n) is 14.3. The lowest BCUT2D eigenvalue weighted by Crippen LogP contribution is -2.22. The number of aromatic nitrogens is 2. The summed E-state index contributed by atoms with van der Waals surface area (Å²) in [5, 5.41) is 2.51. The number of nitrogens with zero attached hydrogens (tertiary/aromatic N) is 2. The Kier molecular flexibility index (Phi) is 5.90. The van der Waals surface area contributed by atoms with Gasteiger partial charge >= 0.3 is 0 Å². The number of thioether (sulfide) groups is 1. The molecule has 0 aliphatic heterocycles. The first-order chi connectivity index (χ1) is 12.6. The van der Waals surface area contributed by atoms with E-state index in [-0.39, 0.29) is 11.3 Å². The Morgan fingerprint density at radius 2 is 2.19 bits per heavy atom. The number of carbonyl (C=O) groups is 1. The standard InChI is InChI=1S/C19H18N2O3S2/c1-3-9-21-18(23)17-15(8-11-25-17)20-19(21)26-12-10-24-16-7-5-4-6-14(16)13(2)22/h3-8,11H,1,9-10,12H2,2H3. The smallest absolute Gasteiger partial charge is 0.272 e. The second kappa shape index (κ2) is 8.33. The van der Waals surface area contributed by atoms with E-state index in [1.165, 1.54) is 30.0 Å². The number of fused-ring (bicyclic) bond motifs is 1. The normalized spacial score (nSPS) is 10.8. The molecule has 0 bridgehead atoms. The van der Waals surface area contributed by atoms with Crippen LogP contribution in [0.4, 0.5) is 0 Å². The van der Waals surface area contributed by atoms with Crippen LogP contribution in [0.5, 0.6) is 5.75 Å². The van der Waals surface area contributed by atoms with Gasteiger partial charge in [0.25, 0.3) is 5.56 Å². The van der Waals surface area contributed by atoms with Crippen LogP contribution in [0.25, 0.3) is 10.2 Å². The first-order valence-electron chi connectivity index (χ1n) is 8.06. The Morgan fingerprint density at radius 1 is 1.38 bits per heavy atom. The fourth-order valence-electron chi connectivity index (χ4n) is 2.49. The molecule has 3 aromatic rings. The van der Waals surface area contributed by atoms with Gasteiger partial charge in [0.15, 0.2) is 10.9 Å². The Bertz CT molecular complexity index is 1010. The molecule has 0 saturated heterocycles. The molecule has 5 nitrogen and oxygen atoms in total. The third-order valence-corrected chi connectivity index (χ3v) is 5.51. The van der Waals surface area contributed by atoms with Gasteiger partial charge in [-0.15, -0.1) is 17.9 Å². The highest BCUT2D eigenvalue weighted by molar-refractivity contribution is 7.99. The molecule has 0 spiro atoms. The van der Waals surface area contributed by atoms with Crippen LogP contribution in [0.1, 0.15) is 17.3 Å². The Hall–Kier alpha value is -2.38. The molecule has 0 saturated carbocycles. The minimum Gasteiger partial charge on any atom is -0.492 e. The third-order valence-electron chi connectivity index (χ3n) is 3.68. The number of ether oxygens (including phenoxy) is 1. The topological polar surface area (TPSA) is 61.2 Å². The number of allylic oxidation sites excluding steroid dienone is 1. The number of hydrogen-bond acceptors (Lipinski definition) is 6. The number of ketones is 1. The van der Waals surface area contributed by atoms with Crippen LogP contribution in [-0.4, -0.2) is 27.7 Å². The second-order valence-corrected chi connectivity index (χ2v) is 7.46. The van der Waals surface area contributed by atoms with Crippen molar-refractivity contribution in [1.82, 2.24) is 9.55 Å². The zero-order valence-corrected chi connectivity index (χ0v) is 15.9. The molecule has 2 aromatic heterocycles. The number of para-hydroxylation sites is 1. The second-order valence-electron chi connectivity index (χ2n) is 5.48. The van der Waals surface area contributed by atoms with Crippen molar-refractivity contribution < 1.29 is 9.53 Å². The number of rotatable bonds is 8. The SMILES string of the molecule is C=CCn1c(SCCOc2ccccc2C(C)=O)nc2ccsc2c1=O.